The van der Waals surface area contributed by atoms with Gasteiger partial charge in [0.15, 0.2) is 0 Å². The van der Waals surface area contributed by atoms with E-state index in [1.807, 2.05) is 32.0 Å². The molecule has 0 aliphatic heterocycles. The molecule has 4 heterocycles. The van der Waals surface area contributed by atoms with E-state index in [0.717, 1.165) is 11.1 Å². The molecule has 0 atom stereocenters. The van der Waals surface area contributed by atoms with Gasteiger partial charge in [0.05, 0.1) is 48.0 Å². The molecule has 4 aromatic heterocycles. The molecule has 36 heavy (non-hydrogen) atoms. The zero-order valence-electron chi connectivity index (χ0n) is 20.0. The highest BCUT2D eigenvalue weighted by molar-refractivity contribution is 6.06. The number of fused-ring (bicyclic) bond motifs is 1. The molecule has 0 aliphatic rings. The number of carbonyl (C=O) groups excluding carboxylic acids is 1. The minimum absolute atomic E-state index is 0.00263. The monoisotopic (exact) mass is 481 g/mol. The van der Waals surface area contributed by atoms with Gasteiger partial charge in [-0.1, -0.05) is 11.2 Å². The van der Waals surface area contributed by atoms with Crippen LogP contribution in [0, 0.1) is 13.8 Å². The Labute approximate surface area is 206 Å². The third kappa shape index (κ3) is 4.22. The number of pyridine rings is 3. The van der Waals surface area contributed by atoms with E-state index in [4.69, 9.17) is 9.26 Å². The number of anilines is 1. The van der Waals surface area contributed by atoms with Crippen LogP contribution in [0.2, 0.25) is 0 Å². The Morgan fingerprint density at radius 2 is 1.97 bits per heavy atom. The van der Waals surface area contributed by atoms with E-state index in [1.165, 1.54) is 10.8 Å². The smallest absolute Gasteiger partial charge is 0.264 e. The summed E-state index contributed by atoms with van der Waals surface area (Å²) in [6.45, 7) is 3.86. The maximum Gasteiger partial charge on any atom is 0.264 e. The lowest BCUT2D eigenvalue weighted by Gasteiger charge is -2.16. The molecule has 0 saturated heterocycles. The molecule has 0 saturated carbocycles. The maximum atomic E-state index is 13.6. The first-order valence-electron chi connectivity index (χ1n) is 11.3. The van der Waals surface area contributed by atoms with Crippen molar-refractivity contribution >= 4 is 22.5 Å². The van der Waals surface area contributed by atoms with Gasteiger partial charge in [0, 0.05) is 29.4 Å². The second-order valence-electron chi connectivity index (χ2n) is 8.28. The zero-order valence-corrected chi connectivity index (χ0v) is 20.0. The SMILES string of the molecule is COc1cc2c(cc1-c1c(C)noc1C)cc(C(=O)Nc1cccnc1)c(=O)n2Cc1ccccn1. The van der Waals surface area contributed by atoms with E-state index in [2.05, 4.69) is 20.4 Å². The highest BCUT2D eigenvalue weighted by atomic mass is 16.5. The van der Waals surface area contributed by atoms with Crippen molar-refractivity contribution < 1.29 is 14.1 Å². The molecule has 5 rings (SSSR count). The topological polar surface area (TPSA) is 112 Å². The van der Waals surface area contributed by atoms with Crippen molar-refractivity contribution in [3.05, 3.63) is 100 Å². The number of nitrogens with zero attached hydrogens (tertiary/aromatic N) is 4. The number of carbonyl (C=O) groups is 1. The van der Waals surface area contributed by atoms with Crippen molar-refractivity contribution in [3.8, 4) is 16.9 Å². The summed E-state index contributed by atoms with van der Waals surface area (Å²) in [4.78, 5) is 35.2. The molecule has 180 valence electrons. The van der Waals surface area contributed by atoms with Crippen molar-refractivity contribution in [2.45, 2.75) is 20.4 Å². The number of hydrogen-bond donors (Lipinski definition) is 1. The molecule has 0 unspecified atom stereocenters. The Morgan fingerprint density at radius 1 is 1.11 bits per heavy atom. The van der Waals surface area contributed by atoms with Gasteiger partial charge in [-0.3, -0.25) is 19.6 Å². The summed E-state index contributed by atoms with van der Waals surface area (Å²) in [5.41, 5.74) is 3.60. The summed E-state index contributed by atoms with van der Waals surface area (Å²) < 4.78 is 12.6. The molecule has 0 fully saturated rings. The Kier molecular flexibility index (Phi) is 6.03. The summed E-state index contributed by atoms with van der Waals surface area (Å²) >= 11 is 0. The van der Waals surface area contributed by atoms with Crippen molar-refractivity contribution in [1.29, 1.82) is 0 Å². The standard InChI is InChI=1S/C27H23N5O4/c1-16-25(17(2)36-31-16)21-11-18-12-22(26(33)30-19-8-6-9-28-14-19)27(34)32(23(18)13-24(21)35-3)15-20-7-4-5-10-29-20/h4-14H,15H2,1-3H3,(H,30,33). The van der Waals surface area contributed by atoms with E-state index in [1.54, 1.807) is 49.8 Å². The number of amides is 1. The first-order valence-corrected chi connectivity index (χ1v) is 11.3. The van der Waals surface area contributed by atoms with Crippen LogP contribution in [0.25, 0.3) is 22.0 Å². The lowest BCUT2D eigenvalue weighted by molar-refractivity contribution is 0.102. The summed E-state index contributed by atoms with van der Waals surface area (Å²) in [7, 11) is 1.57. The van der Waals surface area contributed by atoms with Gasteiger partial charge in [0.2, 0.25) is 0 Å². The number of rotatable bonds is 6. The molecule has 9 heteroatoms. The second kappa shape index (κ2) is 9.46. The number of benzene rings is 1. The van der Waals surface area contributed by atoms with Crippen LogP contribution in [0.5, 0.6) is 5.75 Å². The first-order chi connectivity index (χ1) is 17.5. The van der Waals surface area contributed by atoms with E-state index in [-0.39, 0.29) is 12.1 Å². The van der Waals surface area contributed by atoms with Crippen LogP contribution in [-0.2, 0) is 6.54 Å². The van der Waals surface area contributed by atoms with E-state index >= 15 is 0 Å². The third-order valence-electron chi connectivity index (χ3n) is 5.93. The van der Waals surface area contributed by atoms with Crippen molar-refractivity contribution in [2.75, 3.05) is 12.4 Å². The highest BCUT2D eigenvalue weighted by Crippen LogP contribution is 2.37. The van der Waals surface area contributed by atoms with Crippen LogP contribution < -0.4 is 15.6 Å². The van der Waals surface area contributed by atoms with E-state index in [9.17, 15) is 9.59 Å². The number of aromatic nitrogens is 4. The van der Waals surface area contributed by atoms with Gasteiger partial charge in [-0.25, -0.2) is 0 Å². The molecule has 0 radical (unpaired) electrons. The van der Waals surface area contributed by atoms with Gasteiger partial charge >= 0.3 is 0 Å². The molecular weight excluding hydrogens is 458 g/mol. The van der Waals surface area contributed by atoms with Crippen LogP contribution in [-0.4, -0.2) is 32.7 Å². The van der Waals surface area contributed by atoms with Gasteiger partial charge in [0.1, 0.15) is 17.1 Å². The lowest BCUT2D eigenvalue weighted by Crippen LogP contribution is -2.30. The molecule has 0 aliphatic carbocycles. The zero-order chi connectivity index (χ0) is 25.2. The number of methoxy groups -OCH3 is 1. The lowest BCUT2D eigenvalue weighted by atomic mass is 9.99. The fourth-order valence-corrected chi connectivity index (χ4v) is 4.25. The Hall–Kier alpha value is -4.79. The number of hydrogen-bond acceptors (Lipinski definition) is 7. The third-order valence-corrected chi connectivity index (χ3v) is 5.93. The largest absolute Gasteiger partial charge is 0.496 e. The summed E-state index contributed by atoms with van der Waals surface area (Å²) in [6.07, 6.45) is 4.79. The fourth-order valence-electron chi connectivity index (χ4n) is 4.25. The quantitative estimate of drug-likeness (QED) is 0.383. The van der Waals surface area contributed by atoms with Crippen LogP contribution in [0.1, 0.15) is 27.5 Å². The highest BCUT2D eigenvalue weighted by Gasteiger charge is 2.21. The number of ether oxygens (including phenoxy) is 1. The van der Waals surface area contributed by atoms with E-state index < -0.39 is 11.5 Å². The fraction of sp³-hybridized carbons (Fsp3) is 0.148. The van der Waals surface area contributed by atoms with E-state index in [0.29, 0.717) is 39.5 Å². The average Bonchev–Trinajstić information content (AvgIpc) is 3.23. The summed E-state index contributed by atoms with van der Waals surface area (Å²) in [5, 5.41) is 7.50. The van der Waals surface area contributed by atoms with Crippen molar-refractivity contribution in [1.82, 2.24) is 19.7 Å². The van der Waals surface area contributed by atoms with Gasteiger partial charge in [-0.2, -0.15) is 0 Å². The molecule has 9 nitrogen and oxygen atoms in total. The summed E-state index contributed by atoms with van der Waals surface area (Å²) in [6, 6.07) is 14.2. The predicted octanol–water partition coefficient (Wildman–Crippen LogP) is 4.37. The molecule has 0 bridgehead atoms. The van der Waals surface area contributed by atoms with Crippen LogP contribution in [0.4, 0.5) is 5.69 Å². The van der Waals surface area contributed by atoms with Gasteiger partial charge in [-0.15, -0.1) is 0 Å². The Morgan fingerprint density at radius 3 is 2.64 bits per heavy atom. The second-order valence-corrected chi connectivity index (χ2v) is 8.28. The van der Waals surface area contributed by atoms with Gasteiger partial charge < -0.3 is 19.1 Å². The van der Waals surface area contributed by atoms with Gasteiger partial charge in [-0.05, 0) is 50.2 Å². The molecule has 0 spiro atoms. The minimum atomic E-state index is -0.528. The number of aryl methyl sites for hydroxylation is 2. The maximum absolute atomic E-state index is 13.6. The molecule has 5 aromatic rings. The molecule has 1 aromatic carbocycles. The van der Waals surface area contributed by atoms with Crippen molar-refractivity contribution in [2.24, 2.45) is 0 Å². The predicted molar refractivity (Wildman–Crippen MR) is 135 cm³/mol. The molecule has 1 N–H and O–H groups in total. The Balaban J connectivity index is 1.74. The van der Waals surface area contributed by atoms with Crippen LogP contribution in [0.15, 0.2) is 76.4 Å². The normalized spacial score (nSPS) is 11.0. The van der Waals surface area contributed by atoms with Gasteiger partial charge in [0.25, 0.3) is 11.5 Å². The molecular formula is C27H23N5O4. The molecule has 1 amide bonds. The van der Waals surface area contributed by atoms with Crippen LogP contribution in [0.3, 0.4) is 0 Å². The Bertz CT molecular complexity index is 1610. The number of nitrogens with one attached hydrogen (secondary N) is 1. The van der Waals surface area contributed by atoms with Crippen molar-refractivity contribution in [3.63, 3.8) is 0 Å². The average molecular weight is 482 g/mol. The first kappa shape index (κ1) is 23.0. The minimum Gasteiger partial charge on any atom is -0.496 e. The van der Waals surface area contributed by atoms with Crippen LogP contribution >= 0.6 is 0 Å². The summed E-state index contributed by atoms with van der Waals surface area (Å²) in [5.74, 6) is 0.666.